The number of hydrogen-bond donors (Lipinski definition) is 0. The number of rotatable bonds is 5. The Morgan fingerprint density at radius 2 is 1.64 bits per heavy atom. The fraction of sp³-hybridized carbons (Fsp3) is 0.286. The highest BCUT2D eigenvalue weighted by molar-refractivity contribution is 5.97. The van der Waals surface area contributed by atoms with Crippen LogP contribution in [0.3, 0.4) is 0 Å². The minimum Gasteiger partial charge on any atom is -0.367 e. The third-order valence-electron chi connectivity index (χ3n) is 4.81. The fourth-order valence-corrected chi connectivity index (χ4v) is 3.24. The third-order valence-corrected chi connectivity index (χ3v) is 4.81. The van der Waals surface area contributed by atoms with Gasteiger partial charge in [-0.15, -0.1) is 0 Å². The maximum atomic E-state index is 13.8. The third kappa shape index (κ3) is 4.34. The van der Waals surface area contributed by atoms with Crippen molar-refractivity contribution in [1.29, 1.82) is 5.26 Å². The standard InChI is InChI=1S/C21H19F2N3O2/c22-16-6-4-15(5-7-16)20(27)8-9-21(28)26-12-10-25(11-13-26)19-3-1-2-18(23)17(19)14-24/h1-7H,8-13H2. The fourth-order valence-electron chi connectivity index (χ4n) is 3.24. The van der Waals surface area contributed by atoms with Gasteiger partial charge in [-0.2, -0.15) is 5.26 Å². The van der Waals surface area contributed by atoms with Crippen molar-refractivity contribution < 1.29 is 18.4 Å². The van der Waals surface area contributed by atoms with Gasteiger partial charge in [-0.05, 0) is 36.4 Å². The largest absolute Gasteiger partial charge is 0.367 e. The van der Waals surface area contributed by atoms with E-state index in [4.69, 9.17) is 5.26 Å². The molecule has 3 rings (SSSR count). The van der Waals surface area contributed by atoms with Crippen molar-refractivity contribution in [1.82, 2.24) is 4.90 Å². The lowest BCUT2D eigenvalue weighted by atomic mass is 10.1. The molecule has 0 atom stereocenters. The molecule has 0 radical (unpaired) electrons. The van der Waals surface area contributed by atoms with Crippen LogP contribution in [0.25, 0.3) is 0 Å². The molecule has 0 bridgehead atoms. The number of benzene rings is 2. The topological polar surface area (TPSA) is 64.4 Å². The monoisotopic (exact) mass is 383 g/mol. The highest BCUT2D eigenvalue weighted by atomic mass is 19.1. The van der Waals surface area contributed by atoms with Crippen molar-refractivity contribution in [2.75, 3.05) is 31.1 Å². The van der Waals surface area contributed by atoms with Crippen molar-refractivity contribution in [3.05, 3.63) is 65.2 Å². The van der Waals surface area contributed by atoms with E-state index in [1.807, 2.05) is 11.0 Å². The van der Waals surface area contributed by atoms with Crippen LogP contribution in [0.1, 0.15) is 28.8 Å². The summed E-state index contributed by atoms with van der Waals surface area (Å²) < 4.78 is 26.7. The van der Waals surface area contributed by atoms with E-state index in [0.717, 1.165) is 0 Å². The van der Waals surface area contributed by atoms with Gasteiger partial charge in [0.05, 0.1) is 5.69 Å². The molecule has 0 saturated carbocycles. The van der Waals surface area contributed by atoms with Crippen molar-refractivity contribution in [3.63, 3.8) is 0 Å². The number of Topliss-reactive ketones (excluding diaryl/α,β-unsaturated/α-hetero) is 1. The zero-order valence-corrected chi connectivity index (χ0v) is 15.2. The second-order valence-corrected chi connectivity index (χ2v) is 6.54. The SMILES string of the molecule is N#Cc1c(F)cccc1N1CCN(C(=O)CCC(=O)c2ccc(F)cc2)CC1. The van der Waals surface area contributed by atoms with E-state index in [9.17, 15) is 18.4 Å². The summed E-state index contributed by atoms with van der Waals surface area (Å²) in [6.45, 7) is 1.83. The van der Waals surface area contributed by atoms with E-state index >= 15 is 0 Å². The molecular weight excluding hydrogens is 364 g/mol. The first kappa shape index (κ1) is 19.5. The summed E-state index contributed by atoms with van der Waals surface area (Å²) in [5.41, 5.74) is 0.919. The predicted molar refractivity (Wildman–Crippen MR) is 99.9 cm³/mol. The molecular formula is C21H19F2N3O2. The van der Waals surface area contributed by atoms with Crippen molar-refractivity contribution in [3.8, 4) is 6.07 Å². The van der Waals surface area contributed by atoms with Gasteiger partial charge < -0.3 is 9.80 Å². The van der Waals surface area contributed by atoms with Gasteiger partial charge in [0.15, 0.2) is 5.78 Å². The lowest BCUT2D eigenvalue weighted by Crippen LogP contribution is -2.49. The molecule has 144 valence electrons. The second kappa shape index (κ2) is 8.61. The number of piperazine rings is 1. The molecule has 2 aromatic rings. The van der Waals surface area contributed by atoms with Crippen LogP contribution in [0.5, 0.6) is 0 Å². The van der Waals surface area contributed by atoms with Gasteiger partial charge in [-0.25, -0.2) is 8.78 Å². The van der Waals surface area contributed by atoms with Crippen LogP contribution in [0.15, 0.2) is 42.5 Å². The zero-order valence-electron chi connectivity index (χ0n) is 15.2. The average Bonchev–Trinajstić information content (AvgIpc) is 2.72. The molecule has 1 aliphatic rings. The molecule has 0 aliphatic carbocycles. The lowest BCUT2D eigenvalue weighted by molar-refractivity contribution is -0.131. The summed E-state index contributed by atoms with van der Waals surface area (Å²) >= 11 is 0. The molecule has 1 saturated heterocycles. The van der Waals surface area contributed by atoms with E-state index in [0.29, 0.717) is 37.4 Å². The van der Waals surface area contributed by atoms with Gasteiger partial charge >= 0.3 is 0 Å². The smallest absolute Gasteiger partial charge is 0.223 e. The zero-order chi connectivity index (χ0) is 20.1. The van der Waals surface area contributed by atoms with E-state index in [1.54, 1.807) is 17.0 Å². The molecule has 2 aromatic carbocycles. The first-order valence-corrected chi connectivity index (χ1v) is 8.99. The van der Waals surface area contributed by atoms with Crippen LogP contribution >= 0.6 is 0 Å². The van der Waals surface area contributed by atoms with Crippen LogP contribution in [0.4, 0.5) is 14.5 Å². The van der Waals surface area contributed by atoms with Gasteiger partial charge in [0.2, 0.25) is 5.91 Å². The highest BCUT2D eigenvalue weighted by Crippen LogP contribution is 2.24. The Morgan fingerprint density at radius 1 is 0.964 bits per heavy atom. The maximum absolute atomic E-state index is 13.8. The summed E-state index contributed by atoms with van der Waals surface area (Å²) in [7, 11) is 0. The molecule has 0 spiro atoms. The number of nitrogens with zero attached hydrogens (tertiary/aromatic N) is 3. The summed E-state index contributed by atoms with van der Waals surface area (Å²) in [6.07, 6.45) is 0.146. The van der Waals surface area contributed by atoms with E-state index in [-0.39, 0.29) is 30.1 Å². The Hall–Kier alpha value is -3.27. The van der Waals surface area contributed by atoms with E-state index < -0.39 is 11.6 Å². The highest BCUT2D eigenvalue weighted by Gasteiger charge is 2.24. The van der Waals surface area contributed by atoms with E-state index in [2.05, 4.69) is 0 Å². The van der Waals surface area contributed by atoms with Crippen LogP contribution in [0, 0.1) is 23.0 Å². The Morgan fingerprint density at radius 3 is 2.29 bits per heavy atom. The predicted octanol–water partition coefficient (Wildman–Crippen LogP) is 3.15. The molecule has 1 amide bonds. The number of nitriles is 1. The quantitative estimate of drug-likeness (QED) is 0.744. The molecule has 1 fully saturated rings. The summed E-state index contributed by atoms with van der Waals surface area (Å²) in [6, 6.07) is 11.6. The van der Waals surface area contributed by atoms with Gasteiger partial charge in [-0.3, -0.25) is 9.59 Å². The molecule has 0 N–H and O–H groups in total. The molecule has 7 heteroatoms. The lowest BCUT2D eigenvalue weighted by Gasteiger charge is -2.36. The number of carbonyl (C=O) groups excluding carboxylic acids is 2. The van der Waals surface area contributed by atoms with Crippen LogP contribution < -0.4 is 4.90 Å². The van der Waals surface area contributed by atoms with Crippen molar-refractivity contribution in [2.24, 2.45) is 0 Å². The molecule has 28 heavy (non-hydrogen) atoms. The summed E-state index contributed by atoms with van der Waals surface area (Å²) in [5, 5.41) is 9.17. The van der Waals surface area contributed by atoms with Gasteiger partial charge in [0.1, 0.15) is 23.3 Å². The Bertz CT molecular complexity index is 914. The summed E-state index contributed by atoms with van der Waals surface area (Å²) in [5.74, 6) is -1.30. The minimum absolute atomic E-state index is 0.00664. The molecule has 5 nitrogen and oxygen atoms in total. The molecule has 0 aromatic heterocycles. The van der Waals surface area contributed by atoms with Gasteiger partial charge in [-0.1, -0.05) is 6.07 Å². The van der Waals surface area contributed by atoms with Gasteiger partial charge in [0, 0.05) is 44.6 Å². The Kier molecular flexibility index (Phi) is 5.99. The number of amides is 1. The Balaban J connectivity index is 1.53. The number of anilines is 1. The first-order valence-electron chi connectivity index (χ1n) is 8.99. The van der Waals surface area contributed by atoms with Crippen molar-refractivity contribution >= 4 is 17.4 Å². The summed E-state index contributed by atoms with van der Waals surface area (Å²) in [4.78, 5) is 28.1. The molecule has 1 aliphatic heterocycles. The van der Waals surface area contributed by atoms with E-state index in [1.165, 1.54) is 30.3 Å². The van der Waals surface area contributed by atoms with Gasteiger partial charge in [0.25, 0.3) is 0 Å². The number of carbonyl (C=O) groups is 2. The number of halogens is 2. The van der Waals surface area contributed by atoms with Crippen molar-refractivity contribution in [2.45, 2.75) is 12.8 Å². The second-order valence-electron chi connectivity index (χ2n) is 6.54. The number of hydrogen-bond acceptors (Lipinski definition) is 4. The Labute approximate surface area is 161 Å². The normalized spacial score (nSPS) is 13.9. The van der Waals surface area contributed by atoms with Crippen LogP contribution in [-0.4, -0.2) is 42.8 Å². The van der Waals surface area contributed by atoms with Crippen LogP contribution in [0.2, 0.25) is 0 Å². The maximum Gasteiger partial charge on any atom is 0.223 e. The minimum atomic E-state index is -0.558. The first-order chi connectivity index (χ1) is 13.5. The van der Waals surface area contributed by atoms with Crippen LogP contribution in [-0.2, 0) is 4.79 Å². The average molecular weight is 383 g/mol. The number of ketones is 1. The molecule has 1 heterocycles. The molecule has 0 unspecified atom stereocenters.